The van der Waals surface area contributed by atoms with Crippen molar-refractivity contribution in [2.45, 2.75) is 13.8 Å². The van der Waals surface area contributed by atoms with Crippen LogP contribution in [0.3, 0.4) is 0 Å². The van der Waals surface area contributed by atoms with Crippen molar-refractivity contribution in [3.63, 3.8) is 0 Å². The number of aromatic nitrogens is 2. The normalized spacial score (nSPS) is 9.53. The number of aryl methyl sites for hydroxylation is 2. The SMILES string of the molecule is Cc1nc(N)sc1C.Nc1ncc([N+](=O)[O-])s1. The van der Waals surface area contributed by atoms with Crippen LogP contribution in [0, 0.1) is 24.0 Å². The van der Waals surface area contributed by atoms with Crippen LogP contribution in [0.5, 0.6) is 0 Å². The third-order valence-corrected chi connectivity index (χ3v) is 3.42. The Morgan fingerprint density at radius 1 is 1.29 bits per heavy atom. The first-order valence-corrected chi connectivity index (χ1v) is 6.08. The molecule has 0 aliphatic heterocycles. The van der Waals surface area contributed by atoms with E-state index in [2.05, 4.69) is 9.97 Å². The molecule has 0 radical (unpaired) electrons. The van der Waals surface area contributed by atoms with Crippen LogP contribution in [0.25, 0.3) is 0 Å². The second-order valence-electron chi connectivity index (χ2n) is 2.99. The molecular formula is C8H11N5O2S2. The fourth-order valence-corrected chi connectivity index (χ4v) is 2.05. The zero-order valence-electron chi connectivity index (χ0n) is 9.21. The number of hydrogen-bond donors (Lipinski definition) is 2. The van der Waals surface area contributed by atoms with Gasteiger partial charge in [0.05, 0.1) is 10.6 Å². The summed E-state index contributed by atoms with van der Waals surface area (Å²) in [5.41, 5.74) is 11.6. The average Bonchev–Trinajstić information content (AvgIpc) is 2.75. The number of rotatable bonds is 1. The first kappa shape index (κ1) is 13.3. The number of anilines is 2. The number of thiazole rings is 2. The summed E-state index contributed by atoms with van der Waals surface area (Å²) in [4.78, 5) is 18.1. The number of nitrogens with two attached hydrogens (primary N) is 2. The van der Waals surface area contributed by atoms with Crippen molar-refractivity contribution < 1.29 is 4.92 Å². The molecule has 0 aliphatic carbocycles. The predicted molar refractivity (Wildman–Crippen MR) is 69.2 cm³/mol. The molecule has 0 spiro atoms. The predicted octanol–water partition coefficient (Wildman–Crippen LogP) is 1.98. The largest absolute Gasteiger partial charge is 0.375 e. The lowest BCUT2D eigenvalue weighted by atomic mass is 10.4. The van der Waals surface area contributed by atoms with Crippen molar-refractivity contribution in [1.82, 2.24) is 9.97 Å². The first-order valence-electron chi connectivity index (χ1n) is 4.45. The fraction of sp³-hybridized carbons (Fsp3) is 0.250. The molecular weight excluding hydrogens is 262 g/mol. The van der Waals surface area contributed by atoms with Crippen molar-refractivity contribution in [3.05, 3.63) is 26.9 Å². The second-order valence-corrected chi connectivity index (χ2v) is 5.26. The molecule has 2 aromatic heterocycles. The zero-order valence-corrected chi connectivity index (χ0v) is 10.8. The summed E-state index contributed by atoms with van der Waals surface area (Å²) in [5.74, 6) is 0. The van der Waals surface area contributed by atoms with Crippen molar-refractivity contribution in [3.8, 4) is 0 Å². The number of nitro groups is 1. The molecule has 0 saturated carbocycles. The number of nitrogen functional groups attached to an aromatic ring is 2. The van der Waals surface area contributed by atoms with Crippen LogP contribution in [0.4, 0.5) is 15.3 Å². The van der Waals surface area contributed by atoms with Gasteiger partial charge in [0.15, 0.2) is 10.3 Å². The molecule has 0 amide bonds. The monoisotopic (exact) mass is 273 g/mol. The van der Waals surface area contributed by atoms with E-state index in [0.717, 1.165) is 23.2 Å². The molecule has 0 aromatic carbocycles. The van der Waals surface area contributed by atoms with E-state index in [1.54, 1.807) is 0 Å². The van der Waals surface area contributed by atoms with Crippen LogP contribution in [0.1, 0.15) is 10.6 Å². The van der Waals surface area contributed by atoms with E-state index in [1.165, 1.54) is 16.2 Å². The molecule has 0 atom stereocenters. The molecule has 2 rings (SSSR count). The summed E-state index contributed by atoms with van der Waals surface area (Å²) in [5, 5.41) is 10.8. The van der Waals surface area contributed by atoms with Gasteiger partial charge in [-0.25, -0.2) is 9.97 Å². The molecule has 92 valence electrons. The first-order chi connectivity index (χ1) is 7.90. The highest BCUT2D eigenvalue weighted by Gasteiger charge is 2.07. The van der Waals surface area contributed by atoms with E-state index in [-0.39, 0.29) is 10.1 Å². The lowest BCUT2D eigenvalue weighted by molar-refractivity contribution is -0.380. The summed E-state index contributed by atoms with van der Waals surface area (Å²) >= 11 is 2.40. The highest BCUT2D eigenvalue weighted by Crippen LogP contribution is 2.21. The maximum absolute atomic E-state index is 9.93. The highest BCUT2D eigenvalue weighted by molar-refractivity contribution is 7.18. The van der Waals surface area contributed by atoms with E-state index in [0.29, 0.717) is 5.13 Å². The minimum Gasteiger partial charge on any atom is -0.375 e. The lowest BCUT2D eigenvalue weighted by Gasteiger charge is -1.77. The van der Waals surface area contributed by atoms with Gasteiger partial charge >= 0.3 is 5.00 Å². The van der Waals surface area contributed by atoms with Crippen LogP contribution < -0.4 is 11.5 Å². The molecule has 0 unspecified atom stereocenters. The molecule has 0 bridgehead atoms. The van der Waals surface area contributed by atoms with Gasteiger partial charge in [0.1, 0.15) is 6.20 Å². The van der Waals surface area contributed by atoms with E-state index in [1.807, 2.05) is 13.8 Å². The molecule has 9 heteroatoms. The summed E-state index contributed by atoms with van der Waals surface area (Å²) in [6.07, 6.45) is 1.14. The summed E-state index contributed by atoms with van der Waals surface area (Å²) in [6, 6.07) is 0. The van der Waals surface area contributed by atoms with E-state index >= 15 is 0 Å². The van der Waals surface area contributed by atoms with E-state index < -0.39 is 4.92 Å². The quantitative estimate of drug-likeness (QED) is 0.605. The average molecular weight is 273 g/mol. The van der Waals surface area contributed by atoms with Crippen LogP contribution in [-0.4, -0.2) is 14.9 Å². The Morgan fingerprint density at radius 3 is 2.12 bits per heavy atom. The van der Waals surface area contributed by atoms with Crippen molar-refractivity contribution in [2.24, 2.45) is 0 Å². The van der Waals surface area contributed by atoms with Crippen molar-refractivity contribution in [1.29, 1.82) is 0 Å². The Hall–Kier alpha value is -1.74. The van der Waals surface area contributed by atoms with Gasteiger partial charge in [-0.1, -0.05) is 0 Å². The summed E-state index contributed by atoms with van der Waals surface area (Å²) in [6.45, 7) is 3.98. The van der Waals surface area contributed by atoms with Crippen molar-refractivity contribution >= 4 is 37.9 Å². The van der Waals surface area contributed by atoms with Gasteiger partial charge in [0.2, 0.25) is 0 Å². The van der Waals surface area contributed by atoms with Crippen LogP contribution in [0.2, 0.25) is 0 Å². The zero-order chi connectivity index (χ0) is 13.0. The lowest BCUT2D eigenvalue weighted by Crippen LogP contribution is -1.80. The summed E-state index contributed by atoms with van der Waals surface area (Å²) in [7, 11) is 0. The Morgan fingerprint density at radius 2 is 1.94 bits per heavy atom. The molecule has 2 aromatic rings. The highest BCUT2D eigenvalue weighted by atomic mass is 32.1. The van der Waals surface area contributed by atoms with Crippen LogP contribution >= 0.6 is 22.7 Å². The van der Waals surface area contributed by atoms with Gasteiger partial charge in [-0.3, -0.25) is 10.1 Å². The molecule has 0 fully saturated rings. The van der Waals surface area contributed by atoms with Gasteiger partial charge in [0.25, 0.3) is 0 Å². The molecule has 17 heavy (non-hydrogen) atoms. The Bertz CT molecular complexity index is 502. The van der Waals surface area contributed by atoms with Crippen LogP contribution in [-0.2, 0) is 0 Å². The van der Waals surface area contributed by atoms with E-state index in [9.17, 15) is 10.1 Å². The van der Waals surface area contributed by atoms with Gasteiger partial charge < -0.3 is 11.5 Å². The Balaban J connectivity index is 0.000000171. The minimum absolute atomic E-state index is 0.0208. The Kier molecular flexibility index (Phi) is 4.35. The van der Waals surface area contributed by atoms with Crippen molar-refractivity contribution in [2.75, 3.05) is 11.5 Å². The molecule has 0 aliphatic rings. The maximum Gasteiger partial charge on any atom is 0.345 e. The second kappa shape index (κ2) is 5.55. The van der Waals surface area contributed by atoms with Crippen LogP contribution in [0.15, 0.2) is 6.20 Å². The number of hydrogen-bond acceptors (Lipinski definition) is 8. The van der Waals surface area contributed by atoms with Gasteiger partial charge in [-0.15, -0.1) is 11.3 Å². The topological polar surface area (TPSA) is 121 Å². The summed E-state index contributed by atoms with van der Waals surface area (Å²) < 4.78 is 0. The third-order valence-electron chi connectivity index (χ3n) is 1.74. The standard InChI is InChI=1S/C5H8N2S.C3H3N3O2S/c1-3-4(2)8-5(6)7-3;4-3-5-1-2(9-3)6(7)8/h1-2H3,(H2,6,7);1H,(H2,4,5). The molecule has 4 N–H and O–H groups in total. The fourth-order valence-electron chi connectivity index (χ4n) is 0.861. The maximum atomic E-state index is 9.93. The Labute approximate surface area is 105 Å². The molecule has 2 heterocycles. The smallest absolute Gasteiger partial charge is 0.345 e. The van der Waals surface area contributed by atoms with Gasteiger partial charge in [-0.2, -0.15) is 0 Å². The number of nitrogens with zero attached hydrogens (tertiary/aromatic N) is 3. The third kappa shape index (κ3) is 3.96. The van der Waals surface area contributed by atoms with E-state index in [4.69, 9.17) is 11.5 Å². The van der Waals surface area contributed by atoms with Gasteiger partial charge in [-0.05, 0) is 25.2 Å². The molecule has 7 nitrogen and oxygen atoms in total. The van der Waals surface area contributed by atoms with Gasteiger partial charge in [0, 0.05) is 4.88 Å². The minimum atomic E-state index is -0.520. The molecule has 0 saturated heterocycles.